The molecule has 0 N–H and O–H groups in total. The molecule has 0 amide bonds. The Morgan fingerprint density at radius 3 is 1.53 bits per heavy atom. The fraction of sp³-hybridized carbons (Fsp3) is 0.140. The normalized spacial score (nSPS) is 16.3. The minimum Gasteiger partial charge on any atom is -0.311 e. The standard InChI is InChI=1S/C43H32BN3/c1-42(2)29-15-7-9-21-35(29)46-37-23-27(28-14-6-5-13-26(28)25-45)24-38-39(37)44(33-19-11-17-31(42)40(33)46)34-20-12-18-32-41(34)47(38)36-22-10-8-16-30(36)43(32,3)4/h5-24H,1-4H3. The molecule has 0 saturated heterocycles. The van der Waals surface area contributed by atoms with Crippen LogP contribution in [0.25, 0.3) is 11.1 Å². The smallest absolute Gasteiger partial charge is 0.252 e. The van der Waals surface area contributed by atoms with E-state index < -0.39 is 0 Å². The van der Waals surface area contributed by atoms with Crippen molar-refractivity contribution in [3.05, 3.63) is 149 Å². The Balaban J connectivity index is 1.40. The van der Waals surface area contributed by atoms with Crippen molar-refractivity contribution < 1.29 is 0 Å². The van der Waals surface area contributed by atoms with E-state index in [1.165, 1.54) is 72.8 Å². The van der Waals surface area contributed by atoms with Crippen molar-refractivity contribution in [3.8, 4) is 17.2 Å². The number of benzene rings is 6. The largest absolute Gasteiger partial charge is 0.311 e. The summed E-state index contributed by atoms with van der Waals surface area (Å²) in [7, 11) is 0. The summed E-state index contributed by atoms with van der Waals surface area (Å²) in [4.78, 5) is 5.07. The molecule has 0 bridgehead atoms. The van der Waals surface area contributed by atoms with Crippen molar-refractivity contribution in [1.82, 2.24) is 0 Å². The van der Waals surface area contributed by atoms with Gasteiger partial charge in [0, 0.05) is 33.6 Å². The molecule has 0 fully saturated rings. The Labute approximate surface area is 276 Å². The van der Waals surface area contributed by atoms with Crippen LogP contribution in [0.1, 0.15) is 55.5 Å². The third-order valence-electron chi connectivity index (χ3n) is 11.5. The van der Waals surface area contributed by atoms with E-state index >= 15 is 0 Å². The highest BCUT2D eigenvalue weighted by Crippen LogP contribution is 2.57. The maximum Gasteiger partial charge on any atom is 0.252 e. The molecular formula is C43H32BN3. The first-order valence-electron chi connectivity index (χ1n) is 16.6. The lowest BCUT2D eigenvalue weighted by molar-refractivity contribution is 0.632. The summed E-state index contributed by atoms with van der Waals surface area (Å²) in [5, 5.41) is 10.3. The average molecular weight is 602 g/mol. The predicted molar refractivity (Wildman–Crippen MR) is 195 cm³/mol. The van der Waals surface area contributed by atoms with Gasteiger partial charge in [-0.2, -0.15) is 5.26 Å². The highest BCUT2D eigenvalue weighted by molar-refractivity contribution is 7.00. The Hall–Kier alpha value is -5.53. The van der Waals surface area contributed by atoms with E-state index in [2.05, 4.69) is 147 Å². The summed E-state index contributed by atoms with van der Waals surface area (Å²) in [6.07, 6.45) is 0. The number of hydrogen-bond donors (Lipinski definition) is 0. The van der Waals surface area contributed by atoms with Crippen LogP contribution >= 0.6 is 0 Å². The molecule has 0 unspecified atom stereocenters. The minimum atomic E-state index is -0.165. The van der Waals surface area contributed by atoms with Crippen LogP contribution < -0.4 is 26.2 Å². The van der Waals surface area contributed by atoms with Gasteiger partial charge < -0.3 is 9.80 Å². The van der Waals surface area contributed by atoms with Crippen LogP contribution in [0.5, 0.6) is 0 Å². The van der Waals surface area contributed by atoms with E-state index in [0.29, 0.717) is 5.56 Å². The maximum absolute atomic E-state index is 10.3. The molecular weight excluding hydrogens is 569 g/mol. The van der Waals surface area contributed by atoms with Gasteiger partial charge in [0.15, 0.2) is 0 Å². The van der Waals surface area contributed by atoms with E-state index in [1.54, 1.807) is 0 Å². The quantitative estimate of drug-likeness (QED) is 0.177. The first kappa shape index (κ1) is 26.7. The van der Waals surface area contributed by atoms with Crippen molar-refractivity contribution in [2.45, 2.75) is 38.5 Å². The second-order valence-electron chi connectivity index (χ2n) is 14.5. The Kier molecular flexibility index (Phi) is 5.02. The van der Waals surface area contributed by atoms with Gasteiger partial charge in [-0.3, -0.25) is 0 Å². The molecule has 0 spiro atoms. The second kappa shape index (κ2) is 8.84. The summed E-state index contributed by atoms with van der Waals surface area (Å²) >= 11 is 0. The predicted octanol–water partition coefficient (Wildman–Crippen LogP) is 8.59. The summed E-state index contributed by atoms with van der Waals surface area (Å²) in [5.74, 6) is 0. The molecule has 0 aliphatic carbocycles. The molecule has 4 heterocycles. The summed E-state index contributed by atoms with van der Waals surface area (Å²) in [5.41, 5.74) is 19.2. The van der Waals surface area contributed by atoms with Crippen LogP contribution in [0, 0.1) is 11.3 Å². The van der Waals surface area contributed by atoms with Gasteiger partial charge >= 0.3 is 0 Å². The zero-order valence-corrected chi connectivity index (χ0v) is 27.0. The first-order valence-corrected chi connectivity index (χ1v) is 16.6. The summed E-state index contributed by atoms with van der Waals surface area (Å²) in [6.45, 7) is 9.54. The van der Waals surface area contributed by atoms with Gasteiger partial charge in [0.05, 0.1) is 23.0 Å². The number of para-hydroxylation sites is 4. The van der Waals surface area contributed by atoms with Crippen molar-refractivity contribution >= 4 is 57.2 Å². The Morgan fingerprint density at radius 1 is 0.532 bits per heavy atom. The van der Waals surface area contributed by atoms with Crippen LogP contribution in [0.3, 0.4) is 0 Å². The SMILES string of the molecule is CC1(C)c2ccccc2N2c3cc(-c4ccccc4C#N)cc4c3B(c3cccc1c32)c1cccc2c1N4c1ccccc1C2(C)C. The van der Waals surface area contributed by atoms with E-state index in [9.17, 15) is 5.26 Å². The molecule has 0 radical (unpaired) electrons. The molecule has 3 nitrogen and oxygen atoms in total. The fourth-order valence-electron chi connectivity index (χ4n) is 9.28. The molecule has 0 saturated carbocycles. The molecule has 0 aromatic heterocycles. The van der Waals surface area contributed by atoms with Crippen molar-refractivity contribution in [1.29, 1.82) is 5.26 Å². The van der Waals surface area contributed by atoms with Gasteiger partial charge in [0.25, 0.3) is 6.71 Å². The zero-order chi connectivity index (χ0) is 31.8. The highest BCUT2D eigenvalue weighted by Gasteiger charge is 2.50. The Bertz CT molecular complexity index is 2280. The number of rotatable bonds is 1. The lowest BCUT2D eigenvalue weighted by Crippen LogP contribution is -2.63. The number of nitriles is 1. The molecule has 4 aliphatic rings. The minimum absolute atomic E-state index is 0.0692. The zero-order valence-electron chi connectivity index (χ0n) is 27.0. The molecule has 4 heteroatoms. The van der Waals surface area contributed by atoms with E-state index in [0.717, 1.165) is 11.1 Å². The van der Waals surface area contributed by atoms with Gasteiger partial charge in [-0.15, -0.1) is 0 Å². The maximum atomic E-state index is 10.3. The van der Waals surface area contributed by atoms with E-state index in [-0.39, 0.29) is 17.5 Å². The Morgan fingerprint density at radius 2 is 1.00 bits per heavy atom. The first-order chi connectivity index (χ1) is 22.8. The molecule has 0 atom stereocenters. The van der Waals surface area contributed by atoms with Crippen molar-refractivity contribution in [2.75, 3.05) is 9.80 Å². The molecule has 10 rings (SSSR count). The molecule has 6 aromatic rings. The summed E-state index contributed by atoms with van der Waals surface area (Å²) < 4.78 is 0. The number of anilines is 6. The van der Waals surface area contributed by atoms with Gasteiger partial charge in [0.1, 0.15) is 0 Å². The fourth-order valence-corrected chi connectivity index (χ4v) is 9.28. The van der Waals surface area contributed by atoms with Crippen LogP contribution in [0.4, 0.5) is 34.1 Å². The second-order valence-corrected chi connectivity index (χ2v) is 14.5. The average Bonchev–Trinajstić information content (AvgIpc) is 3.10. The molecule has 6 aromatic carbocycles. The van der Waals surface area contributed by atoms with Crippen LogP contribution in [-0.2, 0) is 10.8 Å². The van der Waals surface area contributed by atoms with Crippen LogP contribution in [-0.4, -0.2) is 6.71 Å². The van der Waals surface area contributed by atoms with E-state index in [1.807, 2.05) is 18.2 Å². The van der Waals surface area contributed by atoms with Gasteiger partial charge in [-0.05, 0) is 80.1 Å². The third-order valence-corrected chi connectivity index (χ3v) is 11.5. The van der Waals surface area contributed by atoms with Gasteiger partial charge in [-0.1, -0.05) is 119 Å². The summed E-state index contributed by atoms with van der Waals surface area (Å²) in [6, 6.07) is 47.0. The van der Waals surface area contributed by atoms with Crippen LogP contribution in [0.15, 0.2) is 121 Å². The number of fused-ring (bicyclic) bond motifs is 8. The van der Waals surface area contributed by atoms with Crippen molar-refractivity contribution in [3.63, 3.8) is 0 Å². The van der Waals surface area contributed by atoms with Crippen molar-refractivity contribution in [2.24, 2.45) is 0 Å². The van der Waals surface area contributed by atoms with Gasteiger partial charge in [-0.25, -0.2) is 0 Å². The topological polar surface area (TPSA) is 30.3 Å². The lowest BCUT2D eigenvalue weighted by Gasteiger charge is -2.52. The monoisotopic (exact) mass is 601 g/mol. The molecule has 4 aliphatic heterocycles. The van der Waals surface area contributed by atoms with Gasteiger partial charge in [0.2, 0.25) is 0 Å². The number of hydrogen-bond acceptors (Lipinski definition) is 3. The third kappa shape index (κ3) is 3.17. The van der Waals surface area contributed by atoms with E-state index in [4.69, 9.17) is 0 Å². The van der Waals surface area contributed by atoms with Crippen LogP contribution in [0.2, 0.25) is 0 Å². The molecule has 222 valence electrons. The lowest BCUT2D eigenvalue weighted by atomic mass is 9.32. The highest BCUT2D eigenvalue weighted by atomic mass is 15.2. The molecule has 47 heavy (non-hydrogen) atoms. The number of nitrogens with zero attached hydrogens (tertiary/aromatic N) is 3.